The Labute approximate surface area is 117 Å². The molecule has 1 aliphatic rings. The van der Waals surface area contributed by atoms with Gasteiger partial charge in [-0.05, 0) is 25.5 Å². The van der Waals surface area contributed by atoms with Crippen molar-refractivity contribution >= 4 is 17.7 Å². The summed E-state index contributed by atoms with van der Waals surface area (Å²) >= 11 is 0. The van der Waals surface area contributed by atoms with Crippen LogP contribution in [0.2, 0.25) is 0 Å². The predicted molar refractivity (Wildman–Crippen MR) is 76.8 cm³/mol. The molecule has 106 valence electrons. The number of carboxylic acids is 1. The molecule has 5 heteroatoms. The van der Waals surface area contributed by atoms with E-state index < -0.39 is 11.9 Å². The summed E-state index contributed by atoms with van der Waals surface area (Å²) < 4.78 is 0. The summed E-state index contributed by atoms with van der Waals surface area (Å²) in [6.45, 7) is 1.99. The first-order valence-corrected chi connectivity index (χ1v) is 6.49. The van der Waals surface area contributed by atoms with Crippen molar-refractivity contribution in [1.82, 2.24) is 5.32 Å². The van der Waals surface area contributed by atoms with Crippen molar-refractivity contribution in [2.75, 3.05) is 11.9 Å². The van der Waals surface area contributed by atoms with Crippen LogP contribution in [0.4, 0.5) is 10.5 Å². The molecule has 1 aromatic carbocycles. The van der Waals surface area contributed by atoms with Gasteiger partial charge in [-0.15, -0.1) is 0 Å². The van der Waals surface area contributed by atoms with Crippen LogP contribution >= 0.6 is 0 Å². The van der Waals surface area contributed by atoms with E-state index >= 15 is 0 Å². The van der Waals surface area contributed by atoms with Crippen molar-refractivity contribution in [1.29, 1.82) is 0 Å². The number of nitrogens with one attached hydrogen (secondary N) is 1. The van der Waals surface area contributed by atoms with Crippen molar-refractivity contribution in [3.8, 4) is 0 Å². The first-order chi connectivity index (χ1) is 9.47. The van der Waals surface area contributed by atoms with Crippen LogP contribution < -0.4 is 10.2 Å². The lowest BCUT2D eigenvalue weighted by Crippen LogP contribution is -2.42. The highest BCUT2D eigenvalue weighted by molar-refractivity contribution is 5.91. The maximum Gasteiger partial charge on any atom is 0.322 e. The van der Waals surface area contributed by atoms with E-state index in [2.05, 4.69) is 5.32 Å². The number of nitrogens with zero attached hydrogens (tertiary/aromatic N) is 1. The van der Waals surface area contributed by atoms with Crippen molar-refractivity contribution in [3.63, 3.8) is 0 Å². The lowest BCUT2D eigenvalue weighted by atomic mass is 10.1. The fourth-order valence-electron chi connectivity index (χ4n) is 2.13. The highest BCUT2D eigenvalue weighted by Crippen LogP contribution is 2.19. The lowest BCUT2D eigenvalue weighted by molar-refractivity contribution is -0.140. The summed E-state index contributed by atoms with van der Waals surface area (Å²) in [6.07, 6.45) is 3.77. The van der Waals surface area contributed by atoms with Crippen LogP contribution in [0.25, 0.3) is 0 Å². The van der Waals surface area contributed by atoms with Crippen molar-refractivity contribution in [2.45, 2.75) is 19.4 Å². The average Bonchev–Trinajstić information content (AvgIpc) is 2.87. The largest absolute Gasteiger partial charge is 0.481 e. The number of aryl methyl sites for hydroxylation is 1. The number of hydrogen-bond donors (Lipinski definition) is 2. The van der Waals surface area contributed by atoms with Gasteiger partial charge in [-0.1, -0.05) is 29.8 Å². The van der Waals surface area contributed by atoms with E-state index in [0.717, 1.165) is 11.3 Å². The summed E-state index contributed by atoms with van der Waals surface area (Å²) in [5.74, 6) is -1.37. The second kappa shape index (κ2) is 5.77. The first kappa shape index (κ1) is 14.1. The average molecular weight is 274 g/mol. The van der Waals surface area contributed by atoms with Crippen LogP contribution in [0, 0.1) is 12.8 Å². The van der Waals surface area contributed by atoms with Crippen LogP contribution in [0.1, 0.15) is 12.0 Å². The van der Waals surface area contributed by atoms with Crippen LogP contribution in [-0.4, -0.2) is 30.2 Å². The molecule has 2 rings (SSSR count). The van der Waals surface area contributed by atoms with Gasteiger partial charge in [0, 0.05) is 12.7 Å². The Balaban J connectivity index is 1.94. The third-order valence-electron chi connectivity index (χ3n) is 3.44. The highest BCUT2D eigenvalue weighted by atomic mass is 16.4. The molecule has 20 heavy (non-hydrogen) atoms. The number of carbonyl (C=O) groups excluding carboxylic acids is 1. The number of carboxylic acid groups (broad SMARTS) is 1. The molecule has 0 bridgehead atoms. The van der Waals surface area contributed by atoms with Gasteiger partial charge in [0.2, 0.25) is 0 Å². The fraction of sp³-hybridized carbons (Fsp3) is 0.333. The molecule has 0 heterocycles. The third-order valence-corrected chi connectivity index (χ3v) is 3.44. The van der Waals surface area contributed by atoms with Crippen LogP contribution in [-0.2, 0) is 4.79 Å². The second-order valence-corrected chi connectivity index (χ2v) is 5.02. The van der Waals surface area contributed by atoms with Crippen molar-refractivity contribution < 1.29 is 14.7 Å². The van der Waals surface area contributed by atoms with E-state index in [1.807, 2.05) is 31.2 Å². The summed E-state index contributed by atoms with van der Waals surface area (Å²) in [6, 6.07) is 7.16. The van der Waals surface area contributed by atoms with E-state index in [1.54, 1.807) is 19.2 Å². The Morgan fingerprint density at radius 3 is 2.45 bits per heavy atom. The van der Waals surface area contributed by atoms with E-state index in [-0.39, 0.29) is 12.1 Å². The van der Waals surface area contributed by atoms with Gasteiger partial charge in [-0.2, -0.15) is 0 Å². The van der Waals surface area contributed by atoms with Crippen LogP contribution in [0.3, 0.4) is 0 Å². The maximum atomic E-state index is 12.1. The predicted octanol–water partition coefficient (Wildman–Crippen LogP) is 2.17. The summed E-state index contributed by atoms with van der Waals surface area (Å²) in [5.41, 5.74) is 1.93. The van der Waals surface area contributed by atoms with Gasteiger partial charge in [-0.3, -0.25) is 9.69 Å². The standard InChI is InChI=1S/C15H18N2O3/c1-10-3-7-13(8-4-10)17(2)15(20)16-12-6-5-11(9-12)14(18)19/h3-8,11-12H,9H2,1-2H3,(H,16,20)(H,18,19). The number of rotatable bonds is 3. The molecule has 0 spiro atoms. The molecule has 2 unspecified atom stereocenters. The van der Waals surface area contributed by atoms with Crippen LogP contribution in [0.5, 0.6) is 0 Å². The summed E-state index contributed by atoms with van der Waals surface area (Å²) in [5, 5.41) is 11.7. The normalized spacial score (nSPS) is 20.7. The Morgan fingerprint density at radius 1 is 1.25 bits per heavy atom. The summed E-state index contributed by atoms with van der Waals surface area (Å²) in [4.78, 5) is 24.5. The Hall–Kier alpha value is -2.30. The molecule has 5 nitrogen and oxygen atoms in total. The molecule has 0 aromatic heterocycles. The highest BCUT2D eigenvalue weighted by Gasteiger charge is 2.26. The Bertz CT molecular complexity index is 537. The maximum absolute atomic E-state index is 12.1. The molecule has 0 saturated carbocycles. The number of benzene rings is 1. The zero-order chi connectivity index (χ0) is 14.7. The molecule has 0 saturated heterocycles. The lowest BCUT2D eigenvalue weighted by Gasteiger charge is -2.21. The van der Waals surface area contributed by atoms with Gasteiger partial charge in [-0.25, -0.2) is 4.79 Å². The van der Waals surface area contributed by atoms with Crippen LogP contribution in [0.15, 0.2) is 36.4 Å². The zero-order valence-corrected chi connectivity index (χ0v) is 11.5. The molecule has 1 aliphatic carbocycles. The Kier molecular flexibility index (Phi) is 4.08. The quantitative estimate of drug-likeness (QED) is 0.830. The molecule has 2 N–H and O–H groups in total. The number of urea groups is 1. The summed E-state index contributed by atoms with van der Waals surface area (Å²) in [7, 11) is 1.69. The van der Waals surface area contributed by atoms with Gasteiger partial charge in [0.05, 0.1) is 12.0 Å². The van der Waals surface area contributed by atoms with Gasteiger partial charge in [0.15, 0.2) is 0 Å². The molecule has 0 radical (unpaired) electrons. The van der Waals surface area contributed by atoms with Gasteiger partial charge in [0.25, 0.3) is 0 Å². The molecular weight excluding hydrogens is 256 g/mol. The molecule has 1 aromatic rings. The second-order valence-electron chi connectivity index (χ2n) is 5.02. The molecule has 0 fully saturated rings. The molecule has 2 atom stereocenters. The number of hydrogen-bond acceptors (Lipinski definition) is 2. The number of carbonyl (C=O) groups is 2. The van der Waals surface area contributed by atoms with E-state index in [9.17, 15) is 9.59 Å². The minimum Gasteiger partial charge on any atom is -0.481 e. The number of anilines is 1. The zero-order valence-electron chi connectivity index (χ0n) is 11.5. The minimum absolute atomic E-state index is 0.225. The Morgan fingerprint density at radius 2 is 1.90 bits per heavy atom. The smallest absolute Gasteiger partial charge is 0.322 e. The van der Waals surface area contributed by atoms with Gasteiger partial charge in [0.1, 0.15) is 0 Å². The molecular formula is C15H18N2O3. The molecule has 0 aliphatic heterocycles. The SMILES string of the molecule is Cc1ccc(N(C)C(=O)NC2C=CC(C(=O)O)C2)cc1. The van der Waals surface area contributed by atoms with E-state index in [4.69, 9.17) is 5.11 Å². The van der Waals surface area contributed by atoms with E-state index in [0.29, 0.717) is 6.42 Å². The molecule has 2 amide bonds. The third kappa shape index (κ3) is 3.17. The number of aliphatic carboxylic acids is 1. The first-order valence-electron chi connectivity index (χ1n) is 6.49. The van der Waals surface area contributed by atoms with Gasteiger partial charge >= 0.3 is 12.0 Å². The topological polar surface area (TPSA) is 69.6 Å². The monoisotopic (exact) mass is 274 g/mol. The number of amides is 2. The van der Waals surface area contributed by atoms with Gasteiger partial charge < -0.3 is 10.4 Å². The van der Waals surface area contributed by atoms with E-state index in [1.165, 1.54) is 4.90 Å². The fourth-order valence-corrected chi connectivity index (χ4v) is 2.13. The van der Waals surface area contributed by atoms with Crippen molar-refractivity contribution in [2.24, 2.45) is 5.92 Å². The van der Waals surface area contributed by atoms with Crippen molar-refractivity contribution in [3.05, 3.63) is 42.0 Å². The minimum atomic E-state index is -0.857.